The van der Waals surface area contributed by atoms with Crippen LogP contribution in [-0.4, -0.2) is 269 Å². The summed E-state index contributed by atoms with van der Waals surface area (Å²) in [6.45, 7) is 30.4. The highest BCUT2D eigenvalue weighted by atomic mass is 35.5. The molecule has 0 aliphatic carbocycles. The Morgan fingerprint density at radius 1 is 0.573 bits per heavy atom. The number of carbonyl (C=O) groups excluding carboxylic acids is 15. The molecule has 0 saturated carbocycles. The van der Waals surface area contributed by atoms with Gasteiger partial charge in [-0.1, -0.05) is 115 Å². The molecule has 0 saturated heterocycles. The summed E-state index contributed by atoms with van der Waals surface area (Å²) in [5.41, 5.74) is -2.19. The second-order valence-corrected chi connectivity index (χ2v) is 34.4. The number of nitrogens with one attached hydrogen (secondary N) is 9. The summed E-state index contributed by atoms with van der Waals surface area (Å²) < 4.78 is 49.5. The third-order valence-electron chi connectivity index (χ3n) is 20.9. The van der Waals surface area contributed by atoms with E-state index in [2.05, 4.69) is 59.5 Å². The number of anilines is 2. The Hall–Kier alpha value is -10.7. The molecule has 0 aliphatic rings. The summed E-state index contributed by atoms with van der Waals surface area (Å²) in [5, 5.41) is 38.4. The number of aliphatic hydroxyl groups excluding tert-OH is 1. The molecule has 11 atom stereocenters. The van der Waals surface area contributed by atoms with Gasteiger partial charge in [0, 0.05) is 85.2 Å². The van der Waals surface area contributed by atoms with Crippen LogP contribution in [0.4, 0.5) is 24.5 Å². The Morgan fingerprint density at radius 3 is 1.57 bits per heavy atom. The molecule has 34 nitrogen and oxygen atoms in total. The number of rotatable bonds is 49. The molecule has 0 spiro atoms. The van der Waals surface area contributed by atoms with Gasteiger partial charge in [0.05, 0.1) is 36.5 Å². The van der Waals surface area contributed by atoms with Crippen LogP contribution in [0.2, 0.25) is 5.02 Å². The molecule has 0 aliphatic heterocycles. The molecule has 1 aromatic heterocycles. The van der Waals surface area contributed by atoms with Crippen LogP contribution < -0.4 is 52.6 Å². The van der Waals surface area contributed by atoms with Gasteiger partial charge in [-0.3, -0.25) is 71.9 Å². The van der Waals surface area contributed by atoms with Crippen molar-refractivity contribution in [3.63, 3.8) is 0 Å². The van der Waals surface area contributed by atoms with Crippen molar-refractivity contribution in [1.82, 2.24) is 76.4 Å². The van der Waals surface area contributed by atoms with Gasteiger partial charge in [0.15, 0.2) is 12.3 Å². The lowest BCUT2D eigenvalue weighted by Gasteiger charge is -2.39. The van der Waals surface area contributed by atoms with Crippen LogP contribution >= 0.6 is 11.6 Å². The first kappa shape index (κ1) is 107. The van der Waals surface area contributed by atoms with Gasteiger partial charge in [-0.15, -0.1) is 0 Å². The minimum absolute atomic E-state index is 0.00279. The molecule has 15 amide bonds. The number of amides is 15. The average Bonchev–Trinajstić information content (AvgIpc) is 1.62. The third-order valence-corrected chi connectivity index (χ3v) is 21.1. The van der Waals surface area contributed by atoms with Crippen LogP contribution in [0.15, 0.2) is 61.3 Å². The van der Waals surface area contributed by atoms with Crippen molar-refractivity contribution in [1.29, 1.82) is 0 Å². The highest BCUT2D eigenvalue weighted by Gasteiger charge is 2.44. The Kier molecular flexibility index (Phi) is 43.6. The second-order valence-electron chi connectivity index (χ2n) is 33.9. The first-order valence-corrected chi connectivity index (χ1v) is 42.3. The van der Waals surface area contributed by atoms with E-state index in [0.29, 0.717) is 17.5 Å². The molecule has 124 heavy (non-hydrogen) atoms. The number of carbonyl (C=O) groups is 15. The molecule has 3 aromatic rings. The summed E-state index contributed by atoms with van der Waals surface area (Å²) in [6.07, 6.45) is -3.48. The molecule has 3 rings (SSSR count). The molecular weight excluding hydrogens is 1640 g/mol. The minimum Gasteiger partial charge on any atom is -0.484 e. The van der Waals surface area contributed by atoms with Gasteiger partial charge in [0.2, 0.25) is 76.8 Å². The number of ether oxygens (including phenoxy) is 1. The molecule has 0 radical (unpaired) electrons. The van der Waals surface area contributed by atoms with Crippen molar-refractivity contribution < 1.29 is 94.9 Å². The van der Waals surface area contributed by atoms with E-state index < -0.39 is 186 Å². The fourth-order valence-electron chi connectivity index (χ4n) is 13.8. The van der Waals surface area contributed by atoms with Crippen molar-refractivity contribution in [3.8, 4) is 11.4 Å². The molecule has 1 heterocycles. The summed E-state index contributed by atoms with van der Waals surface area (Å²) in [5.74, 6) is -11.2. The van der Waals surface area contributed by atoms with Crippen LogP contribution in [-0.2, 0) is 73.3 Å². The number of benzene rings is 2. The molecule has 38 heteroatoms. The minimum atomic E-state index is -5.06. The summed E-state index contributed by atoms with van der Waals surface area (Å²) in [6, 6.07) is -1.17. The zero-order chi connectivity index (χ0) is 94.4. The maximum absolute atomic E-state index is 14.7. The monoisotopic (exact) mass is 1770 g/mol. The van der Waals surface area contributed by atoms with E-state index in [1.807, 2.05) is 69.2 Å². The second kappa shape index (κ2) is 50.3. The third kappa shape index (κ3) is 33.1. The van der Waals surface area contributed by atoms with Gasteiger partial charge in [-0.2, -0.15) is 18.3 Å². The molecule has 692 valence electrons. The predicted octanol–water partition coefficient (Wildman–Crippen LogP) is 6.31. The number of halogens is 4. The van der Waals surface area contributed by atoms with E-state index in [0.717, 1.165) is 17.2 Å². The number of hydrogen-bond acceptors (Lipinski definition) is 18. The van der Waals surface area contributed by atoms with Crippen molar-refractivity contribution >= 4 is 112 Å². The standard InChI is InChI=1S/C86H133ClF3N17O17/c1-25-62(99-70(111)43-67(108)53(15)28-27-29-69(110)92-34-35-93-71(112)46-124-60-32-30-59(31-33-60)107-75(86(88,89)90)61(44-94-107)77(115)98-58-41-56(87)40-57(42-58)97-68(109)26-2)82(120)101(19)45-72(113)102(20)63(36-47(3)4)79(117)100-73(51(11)12)85(123)103(21)64(37-48(5)6)78(116)95-54(16)76(114)96-55(17)81(119)104(22)65(38-49(7)8)83(121)105(23)66(39-50(9)10)84(122)106(24)74(52(13)14)80(118)91-18/h26,30-33,40-42,44,47-55,62-67,73-74,108H,2,25,27-29,34-39,43,45-46H2,1,3-24H3,(H,91,118)(H,92,110)(H,93,112)(H,95,116)(H,96,114)(H,97,109)(H,98,115)(H,99,111)(H,100,117)/t53-,54?,55-,62+,63+,64+,65+,66+,67+,73+,74+/m1/s1. The normalized spacial score (nSPS) is 14.2. The molecular formula is C86H133ClF3N17O17. The quantitative estimate of drug-likeness (QED) is 0.0218. The highest BCUT2D eigenvalue weighted by molar-refractivity contribution is 6.31. The van der Waals surface area contributed by atoms with Gasteiger partial charge in [-0.25, -0.2) is 4.68 Å². The maximum Gasteiger partial charge on any atom is 0.434 e. The van der Waals surface area contributed by atoms with E-state index >= 15 is 0 Å². The van der Waals surface area contributed by atoms with E-state index in [-0.39, 0.29) is 121 Å². The number of hydrogen-bond donors (Lipinski definition) is 10. The van der Waals surface area contributed by atoms with Crippen molar-refractivity contribution in [2.75, 3.05) is 86.2 Å². The first-order chi connectivity index (χ1) is 57.7. The molecule has 0 bridgehead atoms. The number of aromatic nitrogens is 2. The van der Waals surface area contributed by atoms with Crippen molar-refractivity contribution in [2.24, 2.45) is 41.4 Å². The maximum atomic E-state index is 14.7. The summed E-state index contributed by atoms with van der Waals surface area (Å²) in [4.78, 5) is 213. The largest absolute Gasteiger partial charge is 0.484 e. The van der Waals surface area contributed by atoms with E-state index in [9.17, 15) is 90.2 Å². The van der Waals surface area contributed by atoms with Crippen molar-refractivity contribution in [2.45, 2.75) is 235 Å². The molecule has 2 aromatic carbocycles. The first-order valence-electron chi connectivity index (χ1n) is 41.9. The van der Waals surface area contributed by atoms with Gasteiger partial charge < -0.3 is 87.1 Å². The Balaban J connectivity index is 1.56. The van der Waals surface area contributed by atoms with E-state index in [1.165, 1.54) is 130 Å². The lowest BCUT2D eigenvalue weighted by atomic mass is 9.95. The van der Waals surface area contributed by atoms with Gasteiger partial charge >= 0.3 is 6.18 Å². The smallest absolute Gasteiger partial charge is 0.434 e. The van der Waals surface area contributed by atoms with Gasteiger partial charge in [-0.05, 0) is 149 Å². The van der Waals surface area contributed by atoms with Crippen molar-refractivity contribution in [3.05, 3.63) is 77.6 Å². The van der Waals surface area contributed by atoms with Gasteiger partial charge in [0.1, 0.15) is 60.1 Å². The van der Waals surface area contributed by atoms with Crippen LogP contribution in [0.5, 0.6) is 5.75 Å². The van der Waals surface area contributed by atoms with Gasteiger partial charge in [0.25, 0.3) is 11.8 Å². The van der Waals surface area contributed by atoms with E-state index in [1.54, 1.807) is 27.7 Å². The zero-order valence-electron chi connectivity index (χ0n) is 76.0. The van der Waals surface area contributed by atoms with Crippen LogP contribution in [0.1, 0.15) is 185 Å². The Morgan fingerprint density at radius 2 is 1.06 bits per heavy atom. The SMILES string of the molecule is C=CC(=O)Nc1cc(Cl)cc(NC(=O)c2cnn(-c3ccc(OCC(=O)NCCNC(=O)CCC[C@@H](C)[C@@H](O)CC(=O)N[C@@H](CC)C(=O)N(C)CC(=O)N(C)[C@@H](CC(C)C)C(=O)N[C@H](C(=O)N(C)[C@@H](CC(C)C)C(=O)NC(C)C(=O)N[C@H](C)C(=O)N(C)[C@@H](CC(C)C)C(=O)N(C)[C@@H](CC(C)C)C(=O)N(C)[C@H](C(=O)NC)C(C)C)C(C)C)cc3)c2C(F)(F)F)c1. The molecule has 10 N–H and O–H groups in total. The topological polar surface area (TPSA) is 431 Å². The number of nitrogens with zero attached hydrogens (tertiary/aromatic N) is 8. The number of alkyl halides is 3. The predicted molar refractivity (Wildman–Crippen MR) is 463 cm³/mol. The molecule has 1 unspecified atom stereocenters. The Bertz CT molecular complexity index is 4180. The summed E-state index contributed by atoms with van der Waals surface area (Å²) >= 11 is 6.10. The van der Waals surface area contributed by atoms with Crippen LogP contribution in [0.3, 0.4) is 0 Å². The van der Waals surface area contributed by atoms with E-state index in [4.69, 9.17) is 16.3 Å². The lowest BCUT2D eigenvalue weighted by Crippen LogP contribution is -2.61. The Labute approximate surface area is 731 Å². The summed E-state index contributed by atoms with van der Waals surface area (Å²) in [7, 11) is 10.1. The highest BCUT2D eigenvalue weighted by Crippen LogP contribution is 2.35. The number of likely N-dealkylation sites (N-methyl/N-ethyl adjacent to an activating group) is 7. The van der Waals surface area contributed by atoms with Crippen LogP contribution in [0, 0.1) is 41.4 Å². The molecule has 0 fully saturated rings. The average molecular weight is 1770 g/mol. The lowest BCUT2D eigenvalue weighted by molar-refractivity contribution is -0.153. The number of aliphatic hydroxyl groups is 1. The fraction of sp³-hybridized carbons (Fsp3) is 0.628. The van der Waals surface area contributed by atoms with Crippen LogP contribution in [0.25, 0.3) is 5.69 Å². The fourth-order valence-corrected chi connectivity index (χ4v) is 14.0. The zero-order valence-corrected chi connectivity index (χ0v) is 76.7.